The van der Waals surface area contributed by atoms with Crippen LogP contribution in [0.15, 0.2) is 60.7 Å². The third-order valence-corrected chi connectivity index (χ3v) is 6.28. The maximum Gasteiger partial charge on any atom is 0.0793 e. The first kappa shape index (κ1) is 18.3. The van der Waals surface area contributed by atoms with Crippen molar-refractivity contribution < 1.29 is 0 Å². The van der Waals surface area contributed by atoms with E-state index >= 15 is 0 Å². The van der Waals surface area contributed by atoms with Gasteiger partial charge >= 0.3 is 0 Å². The molecule has 0 radical (unpaired) electrons. The quantitative estimate of drug-likeness (QED) is 0.774. The highest BCUT2D eigenvalue weighted by atomic mass is 15.4. The molecule has 4 heteroatoms. The molecule has 2 unspecified atom stereocenters. The van der Waals surface area contributed by atoms with Gasteiger partial charge in [0.15, 0.2) is 0 Å². The Bertz CT molecular complexity index is 643. The fraction of sp³-hybridized carbons (Fsp3) is 0.478. The van der Waals surface area contributed by atoms with Crippen LogP contribution in [0.1, 0.15) is 20.3 Å². The zero-order chi connectivity index (χ0) is 18.6. The van der Waals surface area contributed by atoms with E-state index in [4.69, 9.17) is 0 Å². The zero-order valence-electron chi connectivity index (χ0n) is 16.7. The Morgan fingerprint density at radius 3 is 1.44 bits per heavy atom. The van der Waals surface area contributed by atoms with Crippen molar-refractivity contribution in [3.8, 4) is 0 Å². The van der Waals surface area contributed by atoms with Crippen molar-refractivity contribution in [2.45, 2.75) is 32.6 Å². The van der Waals surface area contributed by atoms with Crippen molar-refractivity contribution in [2.24, 2.45) is 0 Å². The SMILES string of the molecule is CC1N(CCCN2CCN(c3ccccc3)C2C)CCN1c1ccccc1. The summed E-state index contributed by atoms with van der Waals surface area (Å²) in [7, 11) is 0. The lowest BCUT2D eigenvalue weighted by Crippen LogP contribution is -2.39. The maximum atomic E-state index is 2.63. The first-order valence-electron chi connectivity index (χ1n) is 10.4. The molecule has 2 aliphatic rings. The number of para-hydroxylation sites is 2. The van der Waals surface area contributed by atoms with E-state index in [1.807, 2.05) is 0 Å². The van der Waals surface area contributed by atoms with Crippen LogP contribution in [0.4, 0.5) is 11.4 Å². The number of hydrogen-bond acceptors (Lipinski definition) is 4. The summed E-state index contributed by atoms with van der Waals surface area (Å²) in [6, 6.07) is 21.6. The van der Waals surface area contributed by atoms with Crippen molar-refractivity contribution >= 4 is 11.4 Å². The molecule has 2 aromatic rings. The first-order valence-corrected chi connectivity index (χ1v) is 10.4. The van der Waals surface area contributed by atoms with Gasteiger partial charge in [-0.2, -0.15) is 0 Å². The third-order valence-electron chi connectivity index (χ3n) is 6.28. The summed E-state index contributed by atoms with van der Waals surface area (Å²) in [6.45, 7) is 11.6. The minimum absolute atomic E-state index is 0.490. The lowest BCUT2D eigenvalue weighted by Gasteiger charge is -2.30. The van der Waals surface area contributed by atoms with Crippen LogP contribution in [0.5, 0.6) is 0 Å². The Hall–Kier alpha value is -2.04. The molecule has 2 heterocycles. The van der Waals surface area contributed by atoms with Crippen LogP contribution < -0.4 is 9.80 Å². The van der Waals surface area contributed by atoms with Crippen LogP contribution in [-0.2, 0) is 0 Å². The minimum Gasteiger partial charge on any atom is -0.355 e. The Morgan fingerprint density at radius 2 is 1.04 bits per heavy atom. The van der Waals surface area contributed by atoms with E-state index in [2.05, 4.69) is 94.1 Å². The zero-order valence-corrected chi connectivity index (χ0v) is 16.7. The molecule has 2 aromatic carbocycles. The van der Waals surface area contributed by atoms with Gasteiger partial charge in [0.2, 0.25) is 0 Å². The van der Waals surface area contributed by atoms with Gasteiger partial charge in [0.1, 0.15) is 0 Å². The van der Waals surface area contributed by atoms with Gasteiger partial charge < -0.3 is 9.80 Å². The van der Waals surface area contributed by atoms with Crippen molar-refractivity contribution in [3.63, 3.8) is 0 Å². The molecular weight excluding hydrogens is 332 g/mol. The number of hydrogen-bond donors (Lipinski definition) is 0. The molecule has 0 N–H and O–H groups in total. The van der Waals surface area contributed by atoms with Crippen molar-refractivity contribution in [1.29, 1.82) is 0 Å². The number of nitrogens with zero attached hydrogens (tertiary/aromatic N) is 4. The van der Waals surface area contributed by atoms with Crippen molar-refractivity contribution in [1.82, 2.24) is 9.80 Å². The van der Waals surface area contributed by atoms with Gasteiger partial charge in [-0.1, -0.05) is 36.4 Å². The Kier molecular flexibility index (Phi) is 5.65. The molecule has 0 aliphatic carbocycles. The first-order chi connectivity index (χ1) is 13.2. The number of benzene rings is 2. The van der Waals surface area contributed by atoms with Crippen LogP contribution >= 0.6 is 0 Å². The Balaban J connectivity index is 1.26. The van der Waals surface area contributed by atoms with Gasteiger partial charge in [-0.15, -0.1) is 0 Å². The molecule has 0 aromatic heterocycles. The predicted octanol–water partition coefficient (Wildman–Crippen LogP) is 3.71. The lowest BCUT2D eigenvalue weighted by molar-refractivity contribution is 0.221. The van der Waals surface area contributed by atoms with Crippen LogP contribution in [0.25, 0.3) is 0 Å². The second-order valence-corrected chi connectivity index (χ2v) is 7.75. The van der Waals surface area contributed by atoms with Gasteiger partial charge in [-0.05, 0) is 44.5 Å². The molecule has 27 heavy (non-hydrogen) atoms. The molecule has 4 nitrogen and oxygen atoms in total. The summed E-state index contributed by atoms with van der Waals surface area (Å²) in [5.74, 6) is 0. The summed E-state index contributed by atoms with van der Waals surface area (Å²) in [5.41, 5.74) is 2.69. The second kappa shape index (κ2) is 8.32. The van der Waals surface area contributed by atoms with Gasteiger partial charge in [0.05, 0.1) is 12.3 Å². The number of rotatable bonds is 6. The Labute approximate surface area is 164 Å². The molecule has 4 rings (SSSR count). The molecule has 0 saturated carbocycles. The molecule has 0 spiro atoms. The number of anilines is 2. The minimum atomic E-state index is 0.490. The van der Waals surface area contributed by atoms with E-state index in [9.17, 15) is 0 Å². The molecule has 2 saturated heterocycles. The molecule has 2 fully saturated rings. The van der Waals surface area contributed by atoms with Crippen LogP contribution in [0.3, 0.4) is 0 Å². The third kappa shape index (κ3) is 3.97. The average Bonchev–Trinajstić information content (AvgIpc) is 3.26. The average molecular weight is 365 g/mol. The monoisotopic (exact) mass is 364 g/mol. The van der Waals surface area contributed by atoms with Crippen LogP contribution in [0, 0.1) is 0 Å². The maximum absolute atomic E-state index is 2.63. The topological polar surface area (TPSA) is 13.0 Å². The largest absolute Gasteiger partial charge is 0.355 e. The summed E-state index contributed by atoms with van der Waals surface area (Å²) < 4.78 is 0. The Morgan fingerprint density at radius 1 is 0.630 bits per heavy atom. The van der Waals surface area contributed by atoms with E-state index < -0.39 is 0 Å². The normalized spacial score (nSPS) is 24.1. The van der Waals surface area contributed by atoms with E-state index in [1.165, 1.54) is 44.0 Å². The molecule has 2 aliphatic heterocycles. The highest BCUT2D eigenvalue weighted by Gasteiger charge is 2.30. The van der Waals surface area contributed by atoms with E-state index in [0.29, 0.717) is 12.3 Å². The molecule has 144 valence electrons. The van der Waals surface area contributed by atoms with E-state index in [1.54, 1.807) is 0 Å². The fourth-order valence-electron chi connectivity index (χ4n) is 4.62. The van der Waals surface area contributed by atoms with E-state index in [0.717, 1.165) is 13.1 Å². The van der Waals surface area contributed by atoms with Gasteiger partial charge in [-0.3, -0.25) is 9.80 Å². The van der Waals surface area contributed by atoms with Crippen molar-refractivity contribution in [3.05, 3.63) is 60.7 Å². The molecule has 0 amide bonds. The van der Waals surface area contributed by atoms with Gasteiger partial charge in [0, 0.05) is 50.6 Å². The second-order valence-electron chi connectivity index (χ2n) is 7.75. The smallest absolute Gasteiger partial charge is 0.0793 e. The highest BCUT2D eigenvalue weighted by molar-refractivity contribution is 5.48. The summed E-state index contributed by atoms with van der Waals surface area (Å²) in [4.78, 5) is 10.3. The standard InChI is InChI=1S/C23H32N4/c1-20-24(16-18-26(20)22-10-5-3-6-11-22)14-9-15-25-17-19-27(21(25)2)23-12-7-4-8-13-23/h3-8,10-13,20-21H,9,14-19H2,1-2H3. The summed E-state index contributed by atoms with van der Waals surface area (Å²) >= 11 is 0. The molecule has 2 atom stereocenters. The molecule has 0 bridgehead atoms. The van der Waals surface area contributed by atoms with Crippen LogP contribution in [0.2, 0.25) is 0 Å². The van der Waals surface area contributed by atoms with Gasteiger partial charge in [0.25, 0.3) is 0 Å². The van der Waals surface area contributed by atoms with Crippen LogP contribution in [-0.4, -0.2) is 61.4 Å². The highest BCUT2D eigenvalue weighted by Crippen LogP contribution is 2.25. The van der Waals surface area contributed by atoms with Crippen molar-refractivity contribution in [2.75, 3.05) is 49.1 Å². The van der Waals surface area contributed by atoms with E-state index in [-0.39, 0.29) is 0 Å². The summed E-state index contributed by atoms with van der Waals surface area (Å²) in [5, 5.41) is 0. The fourth-order valence-corrected chi connectivity index (χ4v) is 4.62. The lowest BCUT2D eigenvalue weighted by atomic mass is 10.2. The summed E-state index contributed by atoms with van der Waals surface area (Å²) in [6.07, 6.45) is 2.22. The molecular formula is C23H32N4. The van der Waals surface area contributed by atoms with Gasteiger partial charge in [-0.25, -0.2) is 0 Å². The predicted molar refractivity (Wildman–Crippen MR) is 114 cm³/mol.